The number of fused-ring (bicyclic) bond motifs is 1. The van der Waals surface area contributed by atoms with Crippen molar-refractivity contribution in [3.8, 4) is 12.1 Å². The Labute approximate surface area is 230 Å². The highest BCUT2D eigenvalue weighted by atomic mass is 19.3. The van der Waals surface area contributed by atoms with E-state index in [0.717, 1.165) is 36.9 Å². The summed E-state index contributed by atoms with van der Waals surface area (Å²) in [5.41, 5.74) is 8.85. The zero-order valence-corrected chi connectivity index (χ0v) is 22.6. The molecule has 3 aromatic rings. The summed E-state index contributed by atoms with van der Waals surface area (Å²) in [5.74, 6) is -2.89. The zero-order chi connectivity index (χ0) is 28.8. The number of anilines is 2. The fraction of sp³-hybridized carbons (Fsp3) is 0.467. The maximum absolute atomic E-state index is 13.9. The molecule has 0 aliphatic heterocycles. The van der Waals surface area contributed by atoms with E-state index < -0.39 is 11.5 Å². The maximum Gasteiger partial charge on any atom is 0.269 e. The van der Waals surface area contributed by atoms with Crippen LogP contribution < -0.4 is 16.2 Å². The van der Waals surface area contributed by atoms with E-state index in [1.165, 1.54) is 16.7 Å². The molecular weight excluding hydrogens is 517 g/mol. The SMILES string of the molecule is Cc1cc(F)ccc1N(CC1CC(F)(F)C1)C1CCC(Cc2c(C#N)c(=O)n(C)c3cc(N)c(C#N)nc23)CC1. The second-order valence-corrected chi connectivity index (χ2v) is 11.3. The second kappa shape index (κ2) is 10.5. The van der Waals surface area contributed by atoms with Gasteiger partial charge in [-0.15, -0.1) is 0 Å². The molecule has 40 heavy (non-hydrogen) atoms. The molecule has 0 radical (unpaired) electrons. The van der Waals surface area contributed by atoms with Crippen molar-refractivity contribution in [2.45, 2.75) is 63.8 Å². The van der Waals surface area contributed by atoms with Gasteiger partial charge in [-0.3, -0.25) is 4.79 Å². The van der Waals surface area contributed by atoms with Gasteiger partial charge >= 0.3 is 0 Å². The molecule has 0 bridgehead atoms. The van der Waals surface area contributed by atoms with E-state index in [2.05, 4.69) is 16.0 Å². The van der Waals surface area contributed by atoms with Crippen LogP contribution in [0.3, 0.4) is 0 Å². The highest BCUT2D eigenvalue weighted by Gasteiger charge is 2.46. The number of nitrogens with two attached hydrogens (primary N) is 1. The van der Waals surface area contributed by atoms with Gasteiger partial charge in [0.2, 0.25) is 5.92 Å². The van der Waals surface area contributed by atoms with E-state index in [-0.39, 0.29) is 53.5 Å². The van der Waals surface area contributed by atoms with E-state index in [4.69, 9.17) is 5.73 Å². The molecule has 5 rings (SSSR count). The molecule has 0 spiro atoms. The lowest BCUT2D eigenvalue weighted by molar-refractivity contribution is -0.108. The van der Waals surface area contributed by atoms with E-state index >= 15 is 0 Å². The predicted octanol–water partition coefficient (Wildman–Crippen LogP) is 5.36. The largest absolute Gasteiger partial charge is 0.396 e. The van der Waals surface area contributed by atoms with E-state index in [1.54, 1.807) is 19.2 Å². The number of alkyl halides is 2. The number of hydrogen-bond acceptors (Lipinski definition) is 6. The van der Waals surface area contributed by atoms with Gasteiger partial charge in [-0.2, -0.15) is 10.5 Å². The molecule has 1 aromatic carbocycles. The lowest BCUT2D eigenvalue weighted by Crippen LogP contribution is -2.47. The van der Waals surface area contributed by atoms with Crippen molar-refractivity contribution in [1.29, 1.82) is 10.5 Å². The topological polar surface area (TPSA) is 112 Å². The first kappa shape index (κ1) is 27.5. The lowest BCUT2D eigenvalue weighted by atomic mass is 9.78. The molecule has 2 heterocycles. The quantitative estimate of drug-likeness (QED) is 0.444. The number of nitriles is 2. The summed E-state index contributed by atoms with van der Waals surface area (Å²) < 4.78 is 42.4. The number of nitrogens with zero attached hydrogens (tertiary/aromatic N) is 5. The van der Waals surface area contributed by atoms with Crippen LogP contribution in [0.4, 0.5) is 24.5 Å². The van der Waals surface area contributed by atoms with E-state index in [0.29, 0.717) is 29.6 Å². The van der Waals surface area contributed by atoms with Crippen LogP contribution in [0.25, 0.3) is 11.0 Å². The van der Waals surface area contributed by atoms with Crippen LogP contribution in [0, 0.1) is 47.2 Å². The summed E-state index contributed by atoms with van der Waals surface area (Å²) in [7, 11) is 1.55. The molecule has 2 aliphatic carbocycles. The van der Waals surface area contributed by atoms with Crippen molar-refractivity contribution in [3.05, 3.63) is 62.8 Å². The first-order valence-electron chi connectivity index (χ1n) is 13.5. The number of hydrogen-bond donors (Lipinski definition) is 1. The van der Waals surface area contributed by atoms with Crippen LogP contribution in [0.2, 0.25) is 0 Å². The highest BCUT2D eigenvalue weighted by molar-refractivity contribution is 5.84. The number of benzene rings is 1. The van der Waals surface area contributed by atoms with Gasteiger partial charge < -0.3 is 15.2 Å². The Hall–Kier alpha value is -4.05. The summed E-state index contributed by atoms with van der Waals surface area (Å²) in [6, 6.07) is 10.3. The highest BCUT2D eigenvalue weighted by Crippen LogP contribution is 2.44. The Bertz CT molecular complexity index is 1600. The Kier molecular flexibility index (Phi) is 7.22. The summed E-state index contributed by atoms with van der Waals surface area (Å²) in [6.45, 7) is 2.34. The summed E-state index contributed by atoms with van der Waals surface area (Å²) in [5, 5.41) is 19.3. The number of pyridine rings is 2. The third-order valence-electron chi connectivity index (χ3n) is 8.56. The molecule has 0 unspecified atom stereocenters. The molecule has 10 heteroatoms. The van der Waals surface area contributed by atoms with Crippen molar-refractivity contribution < 1.29 is 13.2 Å². The number of aryl methyl sites for hydroxylation is 2. The number of nitrogen functional groups attached to an aromatic ring is 1. The minimum absolute atomic E-state index is 0.0211. The Balaban J connectivity index is 1.40. The van der Waals surface area contributed by atoms with Gasteiger partial charge in [-0.1, -0.05) is 0 Å². The third-order valence-corrected chi connectivity index (χ3v) is 8.56. The van der Waals surface area contributed by atoms with Gasteiger partial charge in [0.05, 0.1) is 16.7 Å². The van der Waals surface area contributed by atoms with Gasteiger partial charge in [0, 0.05) is 43.7 Å². The molecule has 2 saturated carbocycles. The summed E-state index contributed by atoms with van der Waals surface area (Å²) in [4.78, 5) is 19.6. The third kappa shape index (κ3) is 5.11. The molecule has 208 valence electrons. The van der Waals surface area contributed by atoms with Gasteiger partial charge in [-0.25, -0.2) is 18.2 Å². The first-order chi connectivity index (χ1) is 19.0. The molecule has 2 aromatic heterocycles. The van der Waals surface area contributed by atoms with Crippen LogP contribution in [0.1, 0.15) is 60.9 Å². The normalized spacial score (nSPS) is 20.5. The van der Waals surface area contributed by atoms with Gasteiger partial charge in [0.1, 0.15) is 23.5 Å². The molecular formula is C30H31F3N6O. The van der Waals surface area contributed by atoms with Gasteiger partial charge in [0.15, 0.2) is 5.69 Å². The van der Waals surface area contributed by atoms with E-state index in [1.807, 2.05) is 13.0 Å². The average molecular weight is 549 g/mol. The Morgan fingerprint density at radius 2 is 1.82 bits per heavy atom. The monoisotopic (exact) mass is 548 g/mol. The summed E-state index contributed by atoms with van der Waals surface area (Å²) >= 11 is 0. The molecule has 2 aliphatic rings. The standard InChI is InChI=1S/C30H31F3N6O/c1-17-9-20(31)5-8-26(17)39(16-19-12-30(32,33)13-19)21-6-3-18(4-7-21)10-22-23(14-34)29(40)38(2)27-11-24(36)25(15-35)37-28(22)27/h5,8-9,11,18-19,21H,3-4,6-7,10,12-13,16,36H2,1-2H3. The summed E-state index contributed by atoms with van der Waals surface area (Å²) in [6.07, 6.45) is 3.36. The molecule has 7 nitrogen and oxygen atoms in total. The van der Waals surface area contributed by atoms with Crippen LogP contribution in [-0.2, 0) is 13.5 Å². The first-order valence-corrected chi connectivity index (χ1v) is 13.5. The Morgan fingerprint density at radius 1 is 1.12 bits per heavy atom. The van der Waals surface area contributed by atoms with Crippen molar-refractivity contribution in [2.75, 3.05) is 17.2 Å². The van der Waals surface area contributed by atoms with Crippen LogP contribution in [0.15, 0.2) is 29.1 Å². The maximum atomic E-state index is 13.9. The smallest absolute Gasteiger partial charge is 0.269 e. The number of aromatic nitrogens is 2. The molecule has 0 atom stereocenters. The molecule has 2 N–H and O–H groups in total. The molecule has 2 fully saturated rings. The van der Waals surface area contributed by atoms with Crippen molar-refractivity contribution in [3.63, 3.8) is 0 Å². The minimum atomic E-state index is -2.61. The number of halogens is 3. The van der Waals surface area contributed by atoms with Crippen molar-refractivity contribution >= 4 is 22.4 Å². The van der Waals surface area contributed by atoms with Crippen LogP contribution >= 0.6 is 0 Å². The van der Waals surface area contributed by atoms with Crippen molar-refractivity contribution in [2.24, 2.45) is 18.9 Å². The zero-order valence-electron chi connectivity index (χ0n) is 22.6. The minimum Gasteiger partial charge on any atom is -0.396 e. The van der Waals surface area contributed by atoms with Gasteiger partial charge in [-0.05, 0) is 80.7 Å². The van der Waals surface area contributed by atoms with E-state index in [9.17, 15) is 28.5 Å². The Morgan fingerprint density at radius 3 is 2.42 bits per heavy atom. The van der Waals surface area contributed by atoms with Gasteiger partial charge in [0.25, 0.3) is 5.56 Å². The fourth-order valence-corrected chi connectivity index (χ4v) is 6.45. The van der Waals surface area contributed by atoms with Crippen LogP contribution in [0.5, 0.6) is 0 Å². The predicted molar refractivity (Wildman–Crippen MR) is 146 cm³/mol. The molecule has 0 saturated heterocycles. The average Bonchev–Trinajstić information content (AvgIpc) is 2.90. The van der Waals surface area contributed by atoms with Crippen molar-refractivity contribution in [1.82, 2.24) is 9.55 Å². The lowest BCUT2D eigenvalue weighted by Gasteiger charge is -2.44. The number of rotatable bonds is 6. The molecule has 0 amide bonds. The second-order valence-electron chi connectivity index (χ2n) is 11.3. The van der Waals surface area contributed by atoms with Crippen LogP contribution in [-0.4, -0.2) is 28.1 Å². The fourth-order valence-electron chi connectivity index (χ4n) is 6.45.